The van der Waals surface area contributed by atoms with E-state index in [0.29, 0.717) is 18.9 Å². The number of carbonyl (C=O) groups excluding carboxylic acids is 1. The van der Waals surface area contributed by atoms with Gasteiger partial charge in [-0.2, -0.15) is 0 Å². The van der Waals surface area contributed by atoms with Crippen molar-refractivity contribution in [3.63, 3.8) is 0 Å². The Labute approximate surface area is 201 Å². The largest absolute Gasteiger partial charge is 0.444 e. The maximum Gasteiger partial charge on any atom is 0.407 e. The van der Waals surface area contributed by atoms with Gasteiger partial charge in [-0.05, 0) is 71.3 Å². The summed E-state index contributed by atoms with van der Waals surface area (Å²) in [4.78, 5) is 25.9. The van der Waals surface area contributed by atoms with Crippen LogP contribution in [0.5, 0.6) is 0 Å². The Bertz CT molecular complexity index is 1100. The number of hydrogen-bond donors (Lipinski definition) is 3. The van der Waals surface area contributed by atoms with E-state index in [0.717, 1.165) is 42.5 Å². The fourth-order valence-electron chi connectivity index (χ4n) is 4.93. The second-order valence-electron chi connectivity index (χ2n) is 10.6. The van der Waals surface area contributed by atoms with Crippen molar-refractivity contribution in [1.82, 2.24) is 25.0 Å². The fraction of sp³-hybridized carbons (Fsp3) is 0.696. The van der Waals surface area contributed by atoms with Crippen molar-refractivity contribution in [1.29, 1.82) is 0 Å². The molecule has 0 radical (unpaired) electrons. The Morgan fingerprint density at radius 3 is 2.56 bits per heavy atom. The van der Waals surface area contributed by atoms with E-state index in [4.69, 9.17) is 4.74 Å². The third-order valence-electron chi connectivity index (χ3n) is 6.69. The lowest BCUT2D eigenvalue weighted by Gasteiger charge is -2.37. The van der Waals surface area contributed by atoms with Crippen molar-refractivity contribution in [2.24, 2.45) is 5.92 Å². The summed E-state index contributed by atoms with van der Waals surface area (Å²) >= 11 is 0. The molecule has 0 spiro atoms. The van der Waals surface area contributed by atoms with Gasteiger partial charge in [-0.1, -0.05) is 0 Å². The lowest BCUT2D eigenvalue weighted by Crippen LogP contribution is -2.54. The normalized spacial score (nSPS) is 25.5. The van der Waals surface area contributed by atoms with E-state index in [9.17, 15) is 13.2 Å². The minimum Gasteiger partial charge on any atom is -0.444 e. The van der Waals surface area contributed by atoms with Crippen LogP contribution in [0.1, 0.15) is 59.3 Å². The van der Waals surface area contributed by atoms with Crippen LogP contribution < -0.4 is 14.9 Å². The number of aromatic nitrogens is 3. The van der Waals surface area contributed by atoms with Crippen LogP contribution in [0.2, 0.25) is 0 Å². The highest BCUT2D eigenvalue weighted by atomic mass is 32.2. The third kappa shape index (κ3) is 6.18. The van der Waals surface area contributed by atoms with Gasteiger partial charge in [0.1, 0.15) is 23.4 Å². The average Bonchev–Trinajstić information content (AvgIpc) is 3.19. The SMILES string of the molecule is CN(c1ncnc2[nH]ccc12)C1CCC(CS(=O)(=O)NC2CC(NC(=O)OC(C)(C)C)C2)CC1. The molecule has 0 atom stereocenters. The highest BCUT2D eigenvalue weighted by Crippen LogP contribution is 2.32. The number of ether oxygens (including phenoxy) is 1. The number of H-pyrrole nitrogens is 1. The smallest absolute Gasteiger partial charge is 0.407 e. The second kappa shape index (κ2) is 9.69. The van der Waals surface area contributed by atoms with E-state index in [1.807, 2.05) is 33.0 Å². The number of nitrogens with one attached hydrogen (secondary N) is 3. The topological polar surface area (TPSA) is 129 Å². The zero-order valence-electron chi connectivity index (χ0n) is 20.4. The number of carbonyl (C=O) groups is 1. The molecule has 0 saturated heterocycles. The number of rotatable bonds is 7. The van der Waals surface area contributed by atoms with Crippen molar-refractivity contribution in [2.45, 2.75) is 83.0 Å². The van der Waals surface area contributed by atoms with Gasteiger partial charge in [-0.25, -0.2) is 27.9 Å². The van der Waals surface area contributed by atoms with E-state index < -0.39 is 21.7 Å². The van der Waals surface area contributed by atoms with Gasteiger partial charge in [-0.15, -0.1) is 0 Å². The molecule has 2 fully saturated rings. The summed E-state index contributed by atoms with van der Waals surface area (Å²) in [6, 6.07) is 2.13. The number of amides is 1. The second-order valence-corrected chi connectivity index (χ2v) is 12.4. The zero-order chi connectivity index (χ0) is 24.5. The van der Waals surface area contributed by atoms with Crippen molar-refractivity contribution in [3.8, 4) is 0 Å². The zero-order valence-corrected chi connectivity index (χ0v) is 21.2. The Hall–Kier alpha value is -2.40. The number of alkyl carbamates (subject to hydrolysis) is 1. The van der Waals surface area contributed by atoms with Crippen LogP contribution in [-0.4, -0.2) is 66.0 Å². The molecular weight excluding hydrogens is 456 g/mol. The first-order valence-corrected chi connectivity index (χ1v) is 13.6. The molecule has 2 aromatic heterocycles. The van der Waals surface area contributed by atoms with Gasteiger partial charge < -0.3 is 19.9 Å². The molecule has 10 nitrogen and oxygen atoms in total. The molecule has 0 unspecified atom stereocenters. The summed E-state index contributed by atoms with van der Waals surface area (Å²) in [5.74, 6) is 1.21. The van der Waals surface area contributed by atoms with Gasteiger partial charge in [0.05, 0.1) is 11.1 Å². The number of sulfonamides is 1. The Kier molecular flexibility index (Phi) is 7.04. The first-order chi connectivity index (χ1) is 16.0. The Balaban J connectivity index is 1.20. The molecule has 3 N–H and O–H groups in total. The van der Waals surface area contributed by atoms with Crippen LogP contribution in [0.25, 0.3) is 11.0 Å². The van der Waals surface area contributed by atoms with Crippen LogP contribution in [0.4, 0.5) is 10.6 Å². The third-order valence-corrected chi connectivity index (χ3v) is 8.29. The van der Waals surface area contributed by atoms with Crippen LogP contribution in [-0.2, 0) is 14.8 Å². The number of aromatic amines is 1. The van der Waals surface area contributed by atoms with Gasteiger partial charge in [0.2, 0.25) is 10.0 Å². The predicted octanol–water partition coefficient (Wildman–Crippen LogP) is 2.93. The predicted molar refractivity (Wildman–Crippen MR) is 131 cm³/mol. The first kappa shape index (κ1) is 24.7. The van der Waals surface area contributed by atoms with E-state index in [-0.39, 0.29) is 23.8 Å². The van der Waals surface area contributed by atoms with Crippen LogP contribution in [0.15, 0.2) is 18.6 Å². The van der Waals surface area contributed by atoms with E-state index in [2.05, 4.69) is 36.9 Å². The van der Waals surface area contributed by atoms with Gasteiger partial charge >= 0.3 is 6.09 Å². The van der Waals surface area contributed by atoms with Crippen molar-refractivity contribution < 1.29 is 17.9 Å². The van der Waals surface area contributed by atoms with Crippen molar-refractivity contribution >= 4 is 33.0 Å². The lowest BCUT2D eigenvalue weighted by molar-refractivity contribution is 0.0470. The van der Waals surface area contributed by atoms with Crippen molar-refractivity contribution in [2.75, 3.05) is 17.7 Å². The maximum absolute atomic E-state index is 12.7. The van der Waals surface area contributed by atoms with Gasteiger partial charge in [0, 0.05) is 31.4 Å². The molecule has 4 rings (SSSR count). The molecular formula is C23H36N6O4S. The van der Waals surface area contributed by atoms with E-state index >= 15 is 0 Å². The molecule has 2 heterocycles. The quantitative estimate of drug-likeness (QED) is 0.542. The monoisotopic (exact) mass is 492 g/mol. The maximum atomic E-state index is 12.7. The highest BCUT2D eigenvalue weighted by Gasteiger charge is 2.35. The highest BCUT2D eigenvalue weighted by molar-refractivity contribution is 7.89. The number of fused-ring (bicyclic) bond motifs is 1. The summed E-state index contributed by atoms with van der Waals surface area (Å²) in [7, 11) is -1.31. The average molecular weight is 493 g/mol. The number of hydrogen-bond acceptors (Lipinski definition) is 7. The van der Waals surface area contributed by atoms with Crippen LogP contribution in [0, 0.1) is 5.92 Å². The summed E-state index contributed by atoms with van der Waals surface area (Å²) in [6.45, 7) is 5.44. The molecule has 0 aromatic carbocycles. The molecule has 2 aliphatic carbocycles. The minimum absolute atomic E-state index is 0.0539. The summed E-state index contributed by atoms with van der Waals surface area (Å²) in [6.07, 6.45) is 7.74. The van der Waals surface area contributed by atoms with Crippen LogP contribution in [0.3, 0.4) is 0 Å². The van der Waals surface area contributed by atoms with Crippen LogP contribution >= 0.6 is 0 Å². The molecule has 1 amide bonds. The van der Waals surface area contributed by atoms with Gasteiger partial charge in [0.15, 0.2) is 0 Å². The molecule has 2 saturated carbocycles. The summed E-state index contributed by atoms with van der Waals surface area (Å²) in [5, 5.41) is 3.80. The molecule has 2 aromatic rings. The molecule has 2 aliphatic rings. The first-order valence-electron chi connectivity index (χ1n) is 12.0. The molecule has 0 bridgehead atoms. The lowest BCUT2D eigenvalue weighted by atomic mass is 9.86. The summed E-state index contributed by atoms with van der Waals surface area (Å²) in [5.41, 5.74) is 0.272. The number of anilines is 1. The molecule has 11 heteroatoms. The molecule has 188 valence electrons. The summed E-state index contributed by atoms with van der Waals surface area (Å²) < 4.78 is 33.5. The molecule has 0 aliphatic heterocycles. The van der Waals surface area contributed by atoms with Crippen molar-refractivity contribution in [3.05, 3.63) is 18.6 Å². The Morgan fingerprint density at radius 2 is 1.88 bits per heavy atom. The van der Waals surface area contributed by atoms with E-state index in [1.54, 1.807) is 6.33 Å². The fourth-order valence-corrected chi connectivity index (χ4v) is 6.68. The standard InChI is InChI=1S/C23H36N6O4S/c1-23(2,3)33-22(30)27-16-11-17(12-16)28-34(31,32)13-15-5-7-18(8-6-15)29(4)21-19-9-10-24-20(19)25-14-26-21/h9-10,14-18,28H,5-8,11-13H2,1-4H3,(H,27,30)(H,24,25,26). The van der Waals surface area contributed by atoms with Gasteiger partial charge in [0.25, 0.3) is 0 Å². The number of nitrogens with zero attached hydrogens (tertiary/aromatic N) is 3. The minimum atomic E-state index is -3.37. The van der Waals surface area contributed by atoms with Gasteiger partial charge in [-0.3, -0.25) is 0 Å². The van der Waals surface area contributed by atoms with E-state index in [1.165, 1.54) is 0 Å². The Morgan fingerprint density at radius 1 is 1.18 bits per heavy atom. The molecule has 34 heavy (non-hydrogen) atoms.